The normalized spacial score (nSPS) is 18.1. The average molecular weight is 327 g/mol. The number of hydrogen-bond donors (Lipinski definition) is 1. The van der Waals surface area contributed by atoms with Crippen LogP contribution in [0, 0.1) is 11.3 Å². The summed E-state index contributed by atoms with van der Waals surface area (Å²) in [4.78, 5) is 27.9. The minimum atomic E-state index is -0.729. The number of nitriles is 1. The Morgan fingerprint density at radius 3 is 2.88 bits per heavy atom. The summed E-state index contributed by atoms with van der Waals surface area (Å²) in [6, 6.07) is 2.00. The minimum absolute atomic E-state index is 0.0893. The van der Waals surface area contributed by atoms with Crippen molar-refractivity contribution in [2.45, 2.75) is 12.6 Å². The summed E-state index contributed by atoms with van der Waals surface area (Å²) in [6.07, 6.45) is 7.15. The Balaban J connectivity index is 1.71. The molecular weight excluding hydrogens is 310 g/mol. The second kappa shape index (κ2) is 7.06. The van der Waals surface area contributed by atoms with Gasteiger partial charge in [0.05, 0.1) is 12.4 Å². The number of rotatable bonds is 3. The van der Waals surface area contributed by atoms with E-state index in [4.69, 9.17) is 5.26 Å². The molecule has 0 aromatic carbocycles. The van der Waals surface area contributed by atoms with Gasteiger partial charge in [-0.1, -0.05) is 0 Å². The van der Waals surface area contributed by atoms with Crippen molar-refractivity contribution in [1.82, 2.24) is 24.4 Å². The van der Waals surface area contributed by atoms with Crippen LogP contribution < -0.4 is 4.90 Å². The van der Waals surface area contributed by atoms with Gasteiger partial charge < -0.3 is 19.5 Å². The van der Waals surface area contributed by atoms with E-state index in [-0.39, 0.29) is 24.7 Å². The Hall–Kier alpha value is -2.99. The summed E-state index contributed by atoms with van der Waals surface area (Å²) < 4.78 is 1.69. The number of hydrogen-bond acceptors (Lipinski definition) is 7. The van der Waals surface area contributed by atoms with Gasteiger partial charge in [-0.15, -0.1) is 0 Å². The number of anilines is 1. The first-order valence-corrected chi connectivity index (χ1v) is 7.55. The molecule has 2 aromatic rings. The van der Waals surface area contributed by atoms with Crippen molar-refractivity contribution < 1.29 is 9.90 Å². The van der Waals surface area contributed by atoms with Crippen LogP contribution in [0.2, 0.25) is 0 Å². The SMILES string of the molecule is N#Cc1nccnc1N1CCN(C(=O)Cn2ccnc2)CC(O)C1. The number of imidazole rings is 1. The molecule has 1 aliphatic rings. The van der Waals surface area contributed by atoms with Crippen molar-refractivity contribution in [3.63, 3.8) is 0 Å². The lowest BCUT2D eigenvalue weighted by molar-refractivity contribution is -0.132. The zero-order valence-electron chi connectivity index (χ0n) is 13.0. The van der Waals surface area contributed by atoms with Gasteiger partial charge in [-0.3, -0.25) is 4.79 Å². The molecule has 0 spiro atoms. The molecule has 9 heteroatoms. The van der Waals surface area contributed by atoms with Crippen molar-refractivity contribution >= 4 is 11.7 Å². The lowest BCUT2D eigenvalue weighted by Crippen LogP contribution is -2.39. The van der Waals surface area contributed by atoms with E-state index in [1.54, 1.807) is 33.1 Å². The van der Waals surface area contributed by atoms with Crippen molar-refractivity contribution in [2.75, 3.05) is 31.1 Å². The fourth-order valence-electron chi connectivity index (χ4n) is 2.69. The lowest BCUT2D eigenvalue weighted by atomic mass is 10.3. The molecule has 24 heavy (non-hydrogen) atoms. The van der Waals surface area contributed by atoms with Crippen LogP contribution in [-0.4, -0.2) is 67.7 Å². The van der Waals surface area contributed by atoms with E-state index < -0.39 is 6.10 Å². The van der Waals surface area contributed by atoms with E-state index in [1.165, 1.54) is 12.4 Å². The lowest BCUT2D eigenvalue weighted by Gasteiger charge is -2.23. The second-order valence-electron chi connectivity index (χ2n) is 5.51. The molecule has 1 amide bonds. The number of amides is 1. The van der Waals surface area contributed by atoms with E-state index in [0.717, 1.165) is 0 Å². The zero-order valence-corrected chi connectivity index (χ0v) is 13.0. The number of carbonyl (C=O) groups excluding carboxylic acids is 1. The van der Waals surface area contributed by atoms with Crippen molar-refractivity contribution in [3.05, 3.63) is 36.8 Å². The van der Waals surface area contributed by atoms with Crippen molar-refractivity contribution in [1.29, 1.82) is 5.26 Å². The van der Waals surface area contributed by atoms with Gasteiger partial charge in [0.15, 0.2) is 11.5 Å². The van der Waals surface area contributed by atoms with E-state index in [0.29, 0.717) is 25.5 Å². The number of carbonyl (C=O) groups is 1. The molecule has 3 rings (SSSR count). The standard InChI is InChI=1S/C15H17N7O2/c16-7-13-15(19-2-1-18-13)22-6-5-21(8-12(23)9-22)14(24)10-20-4-3-17-11-20/h1-4,11-12,23H,5-6,8-10H2. The predicted molar refractivity (Wildman–Crippen MR) is 83.8 cm³/mol. The highest BCUT2D eigenvalue weighted by atomic mass is 16.3. The van der Waals surface area contributed by atoms with E-state index in [1.807, 2.05) is 6.07 Å². The highest BCUT2D eigenvalue weighted by Crippen LogP contribution is 2.17. The molecule has 3 heterocycles. The van der Waals surface area contributed by atoms with Crippen LogP contribution >= 0.6 is 0 Å². The number of aliphatic hydroxyl groups is 1. The molecule has 9 nitrogen and oxygen atoms in total. The summed E-state index contributed by atoms with van der Waals surface area (Å²) in [7, 11) is 0. The first kappa shape index (κ1) is 15.9. The third-order valence-electron chi connectivity index (χ3n) is 3.82. The van der Waals surface area contributed by atoms with Crippen LogP contribution in [0.15, 0.2) is 31.1 Å². The largest absolute Gasteiger partial charge is 0.389 e. The molecule has 124 valence electrons. The molecule has 1 N–H and O–H groups in total. The van der Waals surface area contributed by atoms with Gasteiger partial charge in [-0.2, -0.15) is 5.26 Å². The topological polar surface area (TPSA) is 111 Å². The zero-order chi connectivity index (χ0) is 16.9. The van der Waals surface area contributed by atoms with Crippen molar-refractivity contribution in [3.8, 4) is 6.07 Å². The van der Waals surface area contributed by atoms with E-state index in [2.05, 4.69) is 15.0 Å². The first-order chi connectivity index (χ1) is 11.7. The Labute approximate surface area is 138 Å². The van der Waals surface area contributed by atoms with Crippen LogP contribution in [0.1, 0.15) is 5.69 Å². The first-order valence-electron chi connectivity index (χ1n) is 7.55. The highest BCUT2D eigenvalue weighted by molar-refractivity contribution is 5.76. The number of β-amino-alcohol motifs (C(OH)–C–C–N with tert-alkyl or cyclic N) is 1. The maximum Gasteiger partial charge on any atom is 0.242 e. The molecule has 1 atom stereocenters. The van der Waals surface area contributed by atoms with Gasteiger partial charge in [0.2, 0.25) is 5.91 Å². The van der Waals surface area contributed by atoms with Crippen molar-refractivity contribution in [2.24, 2.45) is 0 Å². The maximum atomic E-state index is 12.4. The fourth-order valence-corrected chi connectivity index (χ4v) is 2.69. The van der Waals surface area contributed by atoms with Gasteiger partial charge in [-0.25, -0.2) is 15.0 Å². The minimum Gasteiger partial charge on any atom is -0.389 e. The van der Waals surface area contributed by atoms with E-state index >= 15 is 0 Å². The Bertz CT molecular complexity index is 741. The highest BCUT2D eigenvalue weighted by Gasteiger charge is 2.26. The number of aromatic nitrogens is 4. The molecule has 1 unspecified atom stereocenters. The monoisotopic (exact) mass is 327 g/mol. The molecular formula is C15H17N7O2. The third kappa shape index (κ3) is 3.49. The van der Waals surface area contributed by atoms with Gasteiger partial charge in [0, 0.05) is 51.0 Å². The predicted octanol–water partition coefficient (Wildman–Crippen LogP) is -0.746. The molecule has 0 radical (unpaired) electrons. The summed E-state index contributed by atoms with van der Waals surface area (Å²) in [5.41, 5.74) is 0.211. The second-order valence-corrected chi connectivity index (χ2v) is 5.51. The fraction of sp³-hybridized carbons (Fsp3) is 0.400. The van der Waals surface area contributed by atoms with Gasteiger partial charge >= 0.3 is 0 Å². The molecule has 0 bridgehead atoms. The molecule has 0 aliphatic carbocycles. The molecule has 1 fully saturated rings. The Kier molecular flexibility index (Phi) is 4.67. The maximum absolute atomic E-state index is 12.4. The van der Waals surface area contributed by atoms with Gasteiger partial charge in [-0.05, 0) is 0 Å². The summed E-state index contributed by atoms with van der Waals surface area (Å²) >= 11 is 0. The van der Waals surface area contributed by atoms with Crippen LogP contribution in [0.5, 0.6) is 0 Å². The molecule has 1 aliphatic heterocycles. The summed E-state index contributed by atoms with van der Waals surface area (Å²) in [5, 5.41) is 19.4. The number of nitrogens with zero attached hydrogens (tertiary/aromatic N) is 7. The van der Waals surface area contributed by atoms with E-state index in [9.17, 15) is 9.90 Å². The molecule has 1 saturated heterocycles. The molecule has 2 aromatic heterocycles. The molecule has 0 saturated carbocycles. The Morgan fingerprint density at radius 2 is 2.12 bits per heavy atom. The van der Waals surface area contributed by atoms with Crippen LogP contribution in [0.3, 0.4) is 0 Å². The van der Waals surface area contributed by atoms with Gasteiger partial charge in [0.1, 0.15) is 12.6 Å². The summed E-state index contributed by atoms with van der Waals surface area (Å²) in [6.45, 7) is 1.63. The van der Waals surface area contributed by atoms with Crippen LogP contribution in [0.4, 0.5) is 5.82 Å². The van der Waals surface area contributed by atoms with Gasteiger partial charge in [0.25, 0.3) is 0 Å². The average Bonchev–Trinajstić information content (AvgIpc) is 3.01. The third-order valence-corrected chi connectivity index (χ3v) is 3.82. The van der Waals surface area contributed by atoms with Crippen LogP contribution in [-0.2, 0) is 11.3 Å². The quantitative estimate of drug-likeness (QED) is 0.790. The smallest absolute Gasteiger partial charge is 0.242 e. The van der Waals surface area contributed by atoms with Crippen LogP contribution in [0.25, 0.3) is 0 Å². The number of aliphatic hydroxyl groups excluding tert-OH is 1. The Morgan fingerprint density at radius 1 is 1.29 bits per heavy atom. The summed E-state index contributed by atoms with van der Waals surface area (Å²) in [5.74, 6) is 0.344.